The van der Waals surface area contributed by atoms with Crippen LogP contribution in [-0.4, -0.2) is 37.3 Å². The topological polar surface area (TPSA) is 78.3 Å². The number of benzene rings is 1. The summed E-state index contributed by atoms with van der Waals surface area (Å²) in [5.74, 6) is -0.969. The van der Waals surface area contributed by atoms with Gasteiger partial charge in [-0.15, -0.1) is 0 Å². The zero-order valence-electron chi connectivity index (χ0n) is 13.8. The van der Waals surface area contributed by atoms with Crippen molar-refractivity contribution >= 4 is 15.8 Å². The number of rotatable bonds is 3. The molecule has 1 aromatic heterocycles. The van der Waals surface area contributed by atoms with E-state index in [4.69, 9.17) is 0 Å². The van der Waals surface area contributed by atoms with Crippen LogP contribution in [0.5, 0.6) is 0 Å². The molecule has 136 valence electrons. The van der Waals surface area contributed by atoms with Crippen LogP contribution in [0.15, 0.2) is 23.2 Å². The van der Waals surface area contributed by atoms with E-state index in [1.54, 1.807) is 6.92 Å². The third-order valence-corrected chi connectivity index (χ3v) is 4.60. The lowest BCUT2D eigenvalue weighted by atomic mass is 10.1. The molecule has 0 spiro atoms. The lowest BCUT2D eigenvalue weighted by molar-refractivity contribution is -0.138. The molecule has 10 heteroatoms. The molecule has 0 atom stereocenters. The molecule has 0 saturated heterocycles. The lowest BCUT2D eigenvalue weighted by Crippen LogP contribution is -2.18. The summed E-state index contributed by atoms with van der Waals surface area (Å²) in [6, 6.07) is 1.31. The normalized spacial score (nSPS) is 12.3. The predicted octanol–water partition coefficient (Wildman–Crippen LogP) is 2.70. The minimum Gasteiger partial charge on any atom is -0.465 e. The van der Waals surface area contributed by atoms with E-state index in [0.29, 0.717) is 23.7 Å². The Labute approximate surface area is 142 Å². The fourth-order valence-electron chi connectivity index (χ4n) is 2.43. The van der Waals surface area contributed by atoms with Crippen LogP contribution >= 0.6 is 0 Å². The van der Waals surface area contributed by atoms with E-state index in [1.165, 1.54) is 17.7 Å². The smallest absolute Gasteiger partial charge is 0.417 e. The molecule has 1 heterocycles. The SMILES string of the molecule is COC(=O)c1cc(S(C)(=O)=O)c(-n2cc(C)nc2C)cc1C(F)(F)F. The molecule has 2 rings (SSSR count). The molecule has 0 amide bonds. The summed E-state index contributed by atoms with van der Waals surface area (Å²) in [6.45, 7) is 3.15. The second-order valence-corrected chi connectivity index (χ2v) is 7.41. The highest BCUT2D eigenvalue weighted by Gasteiger charge is 2.38. The number of sulfone groups is 1. The number of carbonyl (C=O) groups is 1. The highest BCUT2D eigenvalue weighted by molar-refractivity contribution is 7.90. The monoisotopic (exact) mass is 376 g/mol. The maximum Gasteiger partial charge on any atom is 0.417 e. The standard InChI is InChI=1S/C15H15F3N2O4S/c1-8-7-20(9(2)19-8)12-6-11(15(16,17)18)10(14(21)24-3)5-13(12)25(4,22)23/h5-7H,1-4H3. The molecule has 2 aromatic rings. The minimum atomic E-state index is -4.88. The molecule has 0 aliphatic carbocycles. The maximum absolute atomic E-state index is 13.4. The van der Waals surface area contributed by atoms with Gasteiger partial charge in [0.15, 0.2) is 9.84 Å². The first-order chi connectivity index (χ1) is 11.4. The largest absolute Gasteiger partial charge is 0.465 e. The van der Waals surface area contributed by atoms with Crippen LogP contribution in [0.4, 0.5) is 13.2 Å². The number of ether oxygens (including phenoxy) is 1. The second-order valence-electron chi connectivity index (χ2n) is 5.43. The van der Waals surface area contributed by atoms with Gasteiger partial charge in [-0.05, 0) is 26.0 Å². The van der Waals surface area contributed by atoms with Gasteiger partial charge >= 0.3 is 12.1 Å². The molecular formula is C15H15F3N2O4S. The first-order valence-corrected chi connectivity index (χ1v) is 8.82. The summed E-state index contributed by atoms with van der Waals surface area (Å²) in [4.78, 5) is 15.4. The van der Waals surface area contributed by atoms with Crippen molar-refractivity contribution in [1.82, 2.24) is 9.55 Å². The summed E-state index contributed by atoms with van der Waals surface area (Å²) in [5.41, 5.74) is -1.88. The van der Waals surface area contributed by atoms with Crippen molar-refractivity contribution in [2.75, 3.05) is 13.4 Å². The highest BCUT2D eigenvalue weighted by atomic mass is 32.2. The van der Waals surface area contributed by atoms with Crippen molar-refractivity contribution in [3.05, 3.63) is 41.0 Å². The Morgan fingerprint density at radius 3 is 2.24 bits per heavy atom. The maximum atomic E-state index is 13.4. The van der Waals surface area contributed by atoms with E-state index in [9.17, 15) is 26.4 Å². The van der Waals surface area contributed by atoms with Crippen molar-refractivity contribution in [3.8, 4) is 5.69 Å². The van der Waals surface area contributed by atoms with Crippen molar-refractivity contribution in [1.29, 1.82) is 0 Å². The van der Waals surface area contributed by atoms with Crippen LogP contribution in [0.1, 0.15) is 27.4 Å². The van der Waals surface area contributed by atoms with Crippen molar-refractivity contribution in [2.24, 2.45) is 0 Å². The number of nitrogens with zero attached hydrogens (tertiary/aromatic N) is 2. The van der Waals surface area contributed by atoms with Crippen molar-refractivity contribution < 1.29 is 31.1 Å². The number of methoxy groups -OCH3 is 1. The highest BCUT2D eigenvalue weighted by Crippen LogP contribution is 2.36. The molecule has 6 nitrogen and oxygen atoms in total. The molecule has 0 bridgehead atoms. The minimum absolute atomic E-state index is 0.236. The summed E-state index contributed by atoms with van der Waals surface area (Å²) < 4.78 is 70.0. The Bertz CT molecular complexity index is 946. The molecule has 0 unspecified atom stereocenters. The van der Waals surface area contributed by atoms with Gasteiger partial charge in [-0.25, -0.2) is 18.2 Å². The molecular weight excluding hydrogens is 361 g/mol. The summed E-state index contributed by atoms with van der Waals surface area (Å²) in [7, 11) is -3.02. The van der Waals surface area contributed by atoms with Crippen LogP contribution in [0, 0.1) is 13.8 Å². The van der Waals surface area contributed by atoms with Gasteiger partial charge in [0.05, 0.1) is 34.5 Å². The van der Waals surface area contributed by atoms with Gasteiger partial charge in [-0.3, -0.25) is 0 Å². The average molecular weight is 376 g/mol. The molecule has 0 fully saturated rings. The summed E-state index contributed by atoms with van der Waals surface area (Å²) in [5, 5.41) is 0. The molecule has 0 saturated carbocycles. The first-order valence-electron chi connectivity index (χ1n) is 6.93. The van der Waals surface area contributed by atoms with Gasteiger partial charge in [0, 0.05) is 12.5 Å². The number of hydrogen-bond donors (Lipinski definition) is 0. The number of esters is 1. The fourth-order valence-corrected chi connectivity index (χ4v) is 3.30. The summed E-state index contributed by atoms with van der Waals surface area (Å²) >= 11 is 0. The molecule has 0 aliphatic heterocycles. The Hall–Kier alpha value is -2.36. The zero-order chi connectivity index (χ0) is 19.2. The number of hydrogen-bond acceptors (Lipinski definition) is 5. The second kappa shape index (κ2) is 6.17. The van der Waals surface area contributed by atoms with E-state index in [2.05, 4.69) is 9.72 Å². The van der Waals surface area contributed by atoms with Crippen LogP contribution in [-0.2, 0) is 20.8 Å². The van der Waals surface area contributed by atoms with E-state index < -0.39 is 38.0 Å². The molecule has 0 aliphatic rings. The van der Waals surface area contributed by atoms with Gasteiger partial charge in [-0.1, -0.05) is 0 Å². The number of alkyl halides is 3. The number of aromatic nitrogens is 2. The fraction of sp³-hybridized carbons (Fsp3) is 0.333. The van der Waals surface area contributed by atoms with E-state index in [-0.39, 0.29) is 5.69 Å². The predicted molar refractivity (Wildman–Crippen MR) is 82.5 cm³/mol. The Morgan fingerprint density at radius 1 is 1.24 bits per heavy atom. The first kappa shape index (κ1) is 19.0. The zero-order valence-corrected chi connectivity index (χ0v) is 14.6. The van der Waals surface area contributed by atoms with E-state index in [0.717, 1.165) is 13.4 Å². The number of aryl methyl sites for hydroxylation is 2. The van der Waals surface area contributed by atoms with Crippen LogP contribution in [0.3, 0.4) is 0 Å². The van der Waals surface area contributed by atoms with Gasteiger partial charge in [-0.2, -0.15) is 13.2 Å². The van der Waals surface area contributed by atoms with Gasteiger partial charge in [0.25, 0.3) is 0 Å². The van der Waals surface area contributed by atoms with Crippen molar-refractivity contribution in [2.45, 2.75) is 24.9 Å². The van der Waals surface area contributed by atoms with E-state index in [1.807, 2.05) is 0 Å². The van der Waals surface area contributed by atoms with E-state index >= 15 is 0 Å². The Balaban J connectivity index is 2.96. The third kappa shape index (κ3) is 3.68. The number of halogens is 3. The molecule has 0 radical (unpaired) electrons. The van der Waals surface area contributed by atoms with Gasteiger partial charge in [0.2, 0.25) is 0 Å². The van der Waals surface area contributed by atoms with Gasteiger partial charge in [0.1, 0.15) is 5.82 Å². The quantitative estimate of drug-likeness (QED) is 0.770. The average Bonchev–Trinajstić information content (AvgIpc) is 2.81. The molecule has 1 aromatic carbocycles. The van der Waals surface area contributed by atoms with Crippen LogP contribution < -0.4 is 0 Å². The van der Waals surface area contributed by atoms with Crippen LogP contribution in [0.25, 0.3) is 5.69 Å². The Kier molecular flexibility index (Phi) is 4.69. The lowest BCUT2D eigenvalue weighted by Gasteiger charge is -2.17. The molecule has 25 heavy (non-hydrogen) atoms. The van der Waals surface area contributed by atoms with Gasteiger partial charge < -0.3 is 9.30 Å². The third-order valence-electron chi connectivity index (χ3n) is 3.47. The van der Waals surface area contributed by atoms with Crippen LogP contribution in [0.2, 0.25) is 0 Å². The summed E-state index contributed by atoms with van der Waals surface area (Å²) in [6.07, 6.45) is -2.62. The number of carbonyl (C=O) groups excluding carboxylic acids is 1. The Morgan fingerprint density at radius 2 is 1.84 bits per heavy atom. The van der Waals surface area contributed by atoms with Crippen molar-refractivity contribution in [3.63, 3.8) is 0 Å². The molecule has 0 N–H and O–H groups in total. The number of imidazole rings is 1.